The van der Waals surface area contributed by atoms with Crippen molar-refractivity contribution in [2.45, 2.75) is 25.3 Å². The van der Waals surface area contributed by atoms with Crippen LogP contribution in [0.3, 0.4) is 0 Å². The highest BCUT2D eigenvalue weighted by Crippen LogP contribution is 2.24. The van der Waals surface area contributed by atoms with E-state index >= 15 is 0 Å². The van der Waals surface area contributed by atoms with Crippen molar-refractivity contribution in [1.29, 1.82) is 0 Å². The van der Waals surface area contributed by atoms with Crippen LogP contribution in [0.15, 0.2) is 4.42 Å². The predicted molar refractivity (Wildman–Crippen MR) is 63.9 cm³/mol. The van der Waals surface area contributed by atoms with Crippen molar-refractivity contribution in [1.82, 2.24) is 15.1 Å². The predicted octanol–water partition coefficient (Wildman–Crippen LogP) is -0.145. The zero-order chi connectivity index (χ0) is 11.7. The third kappa shape index (κ3) is 2.14. The van der Waals surface area contributed by atoms with Gasteiger partial charge >= 0.3 is 6.01 Å². The molecule has 94 valence electrons. The van der Waals surface area contributed by atoms with Crippen molar-refractivity contribution >= 4 is 6.01 Å². The first-order valence-electron chi connectivity index (χ1n) is 6.38. The molecule has 2 saturated heterocycles. The molecule has 17 heavy (non-hydrogen) atoms. The van der Waals surface area contributed by atoms with Gasteiger partial charge in [-0.25, -0.2) is 0 Å². The van der Waals surface area contributed by atoms with E-state index in [9.17, 15) is 0 Å². The highest BCUT2D eigenvalue weighted by molar-refractivity contribution is 5.26. The van der Waals surface area contributed by atoms with Crippen LogP contribution in [0, 0.1) is 0 Å². The molecule has 1 aromatic rings. The highest BCUT2D eigenvalue weighted by Gasteiger charge is 2.32. The van der Waals surface area contributed by atoms with Crippen LogP contribution in [0.5, 0.6) is 0 Å². The molecular formula is C11H19N5O. The van der Waals surface area contributed by atoms with Crippen LogP contribution >= 0.6 is 0 Å². The zero-order valence-electron chi connectivity index (χ0n) is 10.0. The van der Waals surface area contributed by atoms with Gasteiger partial charge in [0.2, 0.25) is 5.89 Å². The fourth-order valence-electron chi connectivity index (χ4n) is 2.76. The molecule has 2 N–H and O–H groups in total. The maximum Gasteiger partial charge on any atom is 0.318 e. The summed E-state index contributed by atoms with van der Waals surface area (Å²) in [5.41, 5.74) is 5.47. The molecule has 2 aliphatic heterocycles. The molecule has 1 unspecified atom stereocenters. The maximum absolute atomic E-state index is 5.62. The number of hydrogen-bond acceptors (Lipinski definition) is 6. The van der Waals surface area contributed by atoms with Gasteiger partial charge in [-0.2, -0.15) is 0 Å². The van der Waals surface area contributed by atoms with Gasteiger partial charge in [-0.3, -0.25) is 4.90 Å². The van der Waals surface area contributed by atoms with Crippen LogP contribution in [0.1, 0.15) is 18.7 Å². The first-order chi connectivity index (χ1) is 8.36. The van der Waals surface area contributed by atoms with Gasteiger partial charge in [0.25, 0.3) is 0 Å². The normalized spacial score (nSPS) is 25.2. The van der Waals surface area contributed by atoms with Gasteiger partial charge < -0.3 is 15.1 Å². The summed E-state index contributed by atoms with van der Waals surface area (Å²) >= 11 is 0. The van der Waals surface area contributed by atoms with E-state index in [4.69, 9.17) is 10.2 Å². The average molecular weight is 237 g/mol. The first kappa shape index (κ1) is 11.0. The summed E-state index contributed by atoms with van der Waals surface area (Å²) in [7, 11) is 0. The molecule has 0 aromatic carbocycles. The summed E-state index contributed by atoms with van der Waals surface area (Å²) < 4.78 is 5.62. The molecule has 0 radical (unpaired) electrons. The molecule has 0 saturated carbocycles. The summed E-state index contributed by atoms with van der Waals surface area (Å²) in [5, 5.41) is 8.12. The van der Waals surface area contributed by atoms with Gasteiger partial charge in [-0.05, 0) is 19.4 Å². The van der Waals surface area contributed by atoms with Crippen molar-refractivity contribution in [2.24, 2.45) is 5.73 Å². The number of piperazine rings is 1. The van der Waals surface area contributed by atoms with E-state index in [-0.39, 0.29) is 0 Å². The van der Waals surface area contributed by atoms with Gasteiger partial charge in [-0.15, -0.1) is 5.10 Å². The summed E-state index contributed by atoms with van der Waals surface area (Å²) in [6, 6.07) is 1.34. The zero-order valence-corrected chi connectivity index (χ0v) is 10.0. The molecule has 0 aliphatic carbocycles. The summed E-state index contributed by atoms with van der Waals surface area (Å²) in [5.74, 6) is 0.649. The minimum atomic E-state index is 0.554. The Kier molecular flexibility index (Phi) is 2.98. The third-order valence-electron chi connectivity index (χ3n) is 3.67. The number of nitrogens with two attached hydrogens (primary N) is 1. The van der Waals surface area contributed by atoms with Crippen molar-refractivity contribution in [3.8, 4) is 0 Å². The monoisotopic (exact) mass is 237 g/mol. The van der Waals surface area contributed by atoms with Gasteiger partial charge in [0, 0.05) is 38.6 Å². The molecule has 0 spiro atoms. The first-order valence-corrected chi connectivity index (χ1v) is 6.38. The second-order valence-corrected chi connectivity index (χ2v) is 4.80. The highest BCUT2D eigenvalue weighted by atomic mass is 16.4. The summed E-state index contributed by atoms with van der Waals surface area (Å²) in [6.07, 6.45) is 3.28. The maximum atomic E-state index is 5.62. The van der Waals surface area contributed by atoms with Crippen molar-refractivity contribution < 1.29 is 4.42 Å². The Morgan fingerprint density at radius 1 is 1.29 bits per heavy atom. The van der Waals surface area contributed by atoms with Gasteiger partial charge in [0.05, 0.1) is 0 Å². The lowest BCUT2D eigenvalue weighted by molar-refractivity contribution is 0.225. The molecule has 3 rings (SSSR count). The summed E-state index contributed by atoms with van der Waals surface area (Å²) in [4.78, 5) is 4.77. The van der Waals surface area contributed by atoms with Gasteiger partial charge in [-0.1, -0.05) is 5.10 Å². The quantitative estimate of drug-likeness (QED) is 0.788. The smallest absolute Gasteiger partial charge is 0.318 e. The SMILES string of the molecule is NCCc1nnc(N2CCN3CCCC3C2)o1. The molecule has 6 heteroatoms. The Morgan fingerprint density at radius 2 is 2.24 bits per heavy atom. The second-order valence-electron chi connectivity index (χ2n) is 4.80. The Hall–Kier alpha value is -1.14. The molecular weight excluding hydrogens is 218 g/mol. The molecule has 0 amide bonds. The lowest BCUT2D eigenvalue weighted by Gasteiger charge is -2.36. The van der Waals surface area contributed by atoms with E-state index in [1.54, 1.807) is 0 Å². The van der Waals surface area contributed by atoms with Crippen molar-refractivity contribution in [3.63, 3.8) is 0 Å². The number of aromatic nitrogens is 2. The minimum absolute atomic E-state index is 0.554. The van der Waals surface area contributed by atoms with E-state index in [1.165, 1.54) is 19.4 Å². The number of rotatable bonds is 3. The lowest BCUT2D eigenvalue weighted by Crippen LogP contribution is -2.50. The molecule has 2 fully saturated rings. The van der Waals surface area contributed by atoms with Crippen LogP contribution < -0.4 is 10.6 Å². The third-order valence-corrected chi connectivity index (χ3v) is 3.67. The molecule has 0 bridgehead atoms. The minimum Gasteiger partial charge on any atom is -0.408 e. The molecule has 1 aromatic heterocycles. The molecule has 3 heterocycles. The standard InChI is InChI=1S/C11H19N5O/c12-4-3-10-13-14-11(17-10)16-7-6-15-5-1-2-9(15)8-16/h9H,1-8,12H2. The van der Waals surface area contributed by atoms with E-state index in [0.717, 1.165) is 19.6 Å². The number of nitrogens with zero attached hydrogens (tertiary/aromatic N) is 4. The van der Waals surface area contributed by atoms with Crippen LogP contribution in [0.4, 0.5) is 6.01 Å². The van der Waals surface area contributed by atoms with E-state index in [2.05, 4.69) is 20.0 Å². The Morgan fingerprint density at radius 3 is 3.12 bits per heavy atom. The van der Waals surface area contributed by atoms with Crippen LogP contribution in [0.25, 0.3) is 0 Å². The number of anilines is 1. The number of hydrogen-bond donors (Lipinski definition) is 1. The molecule has 1 atom stereocenters. The van der Waals surface area contributed by atoms with Gasteiger partial charge in [0.1, 0.15) is 0 Å². The summed E-state index contributed by atoms with van der Waals surface area (Å²) in [6.45, 7) is 4.92. The lowest BCUT2D eigenvalue weighted by atomic mass is 10.2. The van der Waals surface area contributed by atoms with Gasteiger partial charge in [0.15, 0.2) is 0 Å². The van der Waals surface area contributed by atoms with E-state index in [0.29, 0.717) is 30.9 Å². The van der Waals surface area contributed by atoms with Crippen LogP contribution in [-0.4, -0.2) is 53.9 Å². The van der Waals surface area contributed by atoms with Crippen molar-refractivity contribution in [3.05, 3.63) is 5.89 Å². The fraction of sp³-hybridized carbons (Fsp3) is 0.818. The molecule has 6 nitrogen and oxygen atoms in total. The number of fused-ring (bicyclic) bond motifs is 1. The Bertz CT molecular complexity index is 380. The largest absolute Gasteiger partial charge is 0.408 e. The van der Waals surface area contributed by atoms with Crippen LogP contribution in [-0.2, 0) is 6.42 Å². The van der Waals surface area contributed by atoms with E-state index < -0.39 is 0 Å². The average Bonchev–Trinajstić information content (AvgIpc) is 2.96. The fourth-order valence-corrected chi connectivity index (χ4v) is 2.76. The van der Waals surface area contributed by atoms with Crippen molar-refractivity contribution in [2.75, 3.05) is 37.6 Å². The topological polar surface area (TPSA) is 71.4 Å². The Balaban J connectivity index is 1.67. The van der Waals surface area contributed by atoms with Crippen LogP contribution in [0.2, 0.25) is 0 Å². The second kappa shape index (κ2) is 4.62. The Labute approximate surface area is 101 Å². The molecule has 2 aliphatic rings. The van der Waals surface area contributed by atoms with E-state index in [1.807, 2.05) is 0 Å².